The SMILES string of the molecule is CCc1nc(N)c(C)c(NC(C)Cc2ccco2)n1. The number of hydrogen-bond donors (Lipinski definition) is 2. The Morgan fingerprint density at radius 2 is 2.21 bits per heavy atom. The summed E-state index contributed by atoms with van der Waals surface area (Å²) in [5, 5.41) is 3.37. The molecule has 0 aliphatic rings. The van der Waals surface area contributed by atoms with Gasteiger partial charge in [0.15, 0.2) is 0 Å². The molecular formula is C14H20N4O. The minimum absolute atomic E-state index is 0.212. The fourth-order valence-corrected chi connectivity index (χ4v) is 1.90. The highest BCUT2D eigenvalue weighted by Gasteiger charge is 2.11. The van der Waals surface area contributed by atoms with Crippen molar-refractivity contribution in [3.8, 4) is 0 Å². The Kier molecular flexibility index (Phi) is 4.04. The van der Waals surface area contributed by atoms with Gasteiger partial charge in [-0.05, 0) is 26.0 Å². The summed E-state index contributed by atoms with van der Waals surface area (Å²) in [4.78, 5) is 8.73. The van der Waals surface area contributed by atoms with E-state index >= 15 is 0 Å². The molecule has 0 bridgehead atoms. The molecule has 3 N–H and O–H groups in total. The fraction of sp³-hybridized carbons (Fsp3) is 0.429. The van der Waals surface area contributed by atoms with Gasteiger partial charge in [0.05, 0.1) is 6.26 Å². The van der Waals surface area contributed by atoms with Crippen molar-refractivity contribution in [3.05, 3.63) is 35.5 Å². The molecule has 2 rings (SSSR count). The molecule has 5 heteroatoms. The Bertz CT molecular complexity index is 537. The van der Waals surface area contributed by atoms with Gasteiger partial charge in [-0.15, -0.1) is 0 Å². The second-order valence-electron chi connectivity index (χ2n) is 4.68. The van der Waals surface area contributed by atoms with E-state index in [0.29, 0.717) is 5.82 Å². The second kappa shape index (κ2) is 5.73. The molecule has 19 heavy (non-hydrogen) atoms. The van der Waals surface area contributed by atoms with Gasteiger partial charge in [-0.25, -0.2) is 9.97 Å². The zero-order chi connectivity index (χ0) is 13.8. The summed E-state index contributed by atoms with van der Waals surface area (Å²) in [5.41, 5.74) is 6.79. The predicted molar refractivity (Wildman–Crippen MR) is 76.1 cm³/mol. The van der Waals surface area contributed by atoms with Gasteiger partial charge in [-0.2, -0.15) is 0 Å². The first-order valence-corrected chi connectivity index (χ1v) is 6.52. The lowest BCUT2D eigenvalue weighted by Gasteiger charge is -2.16. The fourth-order valence-electron chi connectivity index (χ4n) is 1.90. The van der Waals surface area contributed by atoms with Crippen LogP contribution >= 0.6 is 0 Å². The number of nitrogens with two attached hydrogens (primary N) is 1. The topological polar surface area (TPSA) is 77.0 Å². The van der Waals surface area contributed by atoms with E-state index < -0.39 is 0 Å². The van der Waals surface area contributed by atoms with E-state index in [2.05, 4.69) is 22.2 Å². The number of furan rings is 1. The van der Waals surface area contributed by atoms with Crippen molar-refractivity contribution in [3.63, 3.8) is 0 Å². The largest absolute Gasteiger partial charge is 0.469 e. The predicted octanol–water partition coefficient (Wildman–Crippen LogP) is 2.57. The average Bonchev–Trinajstić information content (AvgIpc) is 2.87. The summed E-state index contributed by atoms with van der Waals surface area (Å²) < 4.78 is 5.34. The van der Waals surface area contributed by atoms with Crippen LogP contribution in [-0.2, 0) is 12.8 Å². The van der Waals surface area contributed by atoms with Crippen LogP contribution in [0, 0.1) is 6.92 Å². The van der Waals surface area contributed by atoms with Crippen LogP contribution in [0.4, 0.5) is 11.6 Å². The van der Waals surface area contributed by atoms with E-state index in [4.69, 9.17) is 10.2 Å². The van der Waals surface area contributed by atoms with Gasteiger partial charge >= 0.3 is 0 Å². The minimum atomic E-state index is 0.212. The number of anilines is 2. The standard InChI is InChI=1S/C14H20N4O/c1-4-12-17-13(15)10(3)14(18-12)16-9(2)8-11-6-5-7-19-11/h5-7,9H,4,8H2,1-3H3,(H3,15,16,17,18). The van der Waals surface area contributed by atoms with Crippen molar-refractivity contribution >= 4 is 11.6 Å². The van der Waals surface area contributed by atoms with E-state index in [1.54, 1.807) is 6.26 Å². The molecule has 5 nitrogen and oxygen atoms in total. The Balaban J connectivity index is 2.11. The number of aromatic nitrogens is 2. The van der Waals surface area contributed by atoms with Crippen molar-refractivity contribution in [2.45, 2.75) is 39.7 Å². The second-order valence-corrected chi connectivity index (χ2v) is 4.68. The van der Waals surface area contributed by atoms with E-state index in [0.717, 1.165) is 35.8 Å². The van der Waals surface area contributed by atoms with Gasteiger partial charge < -0.3 is 15.5 Å². The first kappa shape index (κ1) is 13.4. The number of nitrogen functional groups attached to an aromatic ring is 1. The van der Waals surface area contributed by atoms with E-state index in [1.807, 2.05) is 26.0 Å². The van der Waals surface area contributed by atoms with Crippen molar-refractivity contribution in [1.29, 1.82) is 0 Å². The van der Waals surface area contributed by atoms with Crippen LogP contribution in [0.15, 0.2) is 22.8 Å². The van der Waals surface area contributed by atoms with Crippen molar-refractivity contribution in [1.82, 2.24) is 9.97 Å². The van der Waals surface area contributed by atoms with E-state index in [-0.39, 0.29) is 6.04 Å². The zero-order valence-corrected chi connectivity index (χ0v) is 11.6. The van der Waals surface area contributed by atoms with Gasteiger partial charge in [0, 0.05) is 24.4 Å². The van der Waals surface area contributed by atoms with E-state index in [9.17, 15) is 0 Å². The first-order valence-electron chi connectivity index (χ1n) is 6.52. The third kappa shape index (κ3) is 3.24. The molecule has 1 atom stereocenters. The molecule has 0 saturated heterocycles. The molecule has 2 aromatic rings. The van der Waals surface area contributed by atoms with Crippen LogP contribution in [0.2, 0.25) is 0 Å². The summed E-state index contributed by atoms with van der Waals surface area (Å²) in [6, 6.07) is 4.08. The van der Waals surface area contributed by atoms with Gasteiger partial charge in [0.2, 0.25) is 0 Å². The van der Waals surface area contributed by atoms with Crippen LogP contribution in [0.5, 0.6) is 0 Å². The smallest absolute Gasteiger partial charge is 0.134 e. The van der Waals surface area contributed by atoms with Crippen LogP contribution in [-0.4, -0.2) is 16.0 Å². The average molecular weight is 260 g/mol. The lowest BCUT2D eigenvalue weighted by Crippen LogP contribution is -2.20. The number of nitrogens with zero attached hydrogens (tertiary/aromatic N) is 2. The van der Waals surface area contributed by atoms with Gasteiger partial charge in [0.1, 0.15) is 23.2 Å². The van der Waals surface area contributed by atoms with Crippen LogP contribution in [0.3, 0.4) is 0 Å². The highest BCUT2D eigenvalue weighted by atomic mass is 16.3. The molecule has 0 aliphatic carbocycles. The molecule has 0 saturated carbocycles. The molecule has 0 amide bonds. The number of hydrogen-bond acceptors (Lipinski definition) is 5. The maximum absolute atomic E-state index is 5.90. The molecule has 0 aliphatic heterocycles. The maximum Gasteiger partial charge on any atom is 0.134 e. The van der Waals surface area contributed by atoms with E-state index in [1.165, 1.54) is 0 Å². The number of aryl methyl sites for hydroxylation is 1. The molecule has 2 aromatic heterocycles. The molecule has 0 aromatic carbocycles. The summed E-state index contributed by atoms with van der Waals surface area (Å²) in [7, 11) is 0. The molecular weight excluding hydrogens is 240 g/mol. The Hall–Kier alpha value is -2.04. The highest BCUT2D eigenvalue weighted by molar-refractivity contribution is 5.55. The quantitative estimate of drug-likeness (QED) is 0.864. The molecule has 102 valence electrons. The zero-order valence-electron chi connectivity index (χ0n) is 11.6. The molecule has 2 heterocycles. The summed E-state index contributed by atoms with van der Waals surface area (Å²) in [5.74, 6) is 3.06. The lowest BCUT2D eigenvalue weighted by atomic mass is 10.2. The normalized spacial score (nSPS) is 12.4. The monoisotopic (exact) mass is 260 g/mol. The van der Waals surface area contributed by atoms with Crippen molar-refractivity contribution < 1.29 is 4.42 Å². The summed E-state index contributed by atoms with van der Waals surface area (Å²) in [6.45, 7) is 6.03. The number of nitrogens with one attached hydrogen (secondary N) is 1. The van der Waals surface area contributed by atoms with Crippen LogP contribution < -0.4 is 11.1 Å². The third-order valence-corrected chi connectivity index (χ3v) is 3.02. The molecule has 0 fully saturated rings. The van der Waals surface area contributed by atoms with Crippen molar-refractivity contribution in [2.24, 2.45) is 0 Å². The van der Waals surface area contributed by atoms with Gasteiger partial charge in [-0.3, -0.25) is 0 Å². The first-order chi connectivity index (χ1) is 9.10. The highest BCUT2D eigenvalue weighted by Crippen LogP contribution is 2.19. The Morgan fingerprint density at radius 1 is 1.42 bits per heavy atom. The summed E-state index contributed by atoms with van der Waals surface area (Å²) in [6.07, 6.45) is 3.26. The summed E-state index contributed by atoms with van der Waals surface area (Å²) >= 11 is 0. The molecule has 1 unspecified atom stereocenters. The molecule has 0 spiro atoms. The Labute approximate surface area is 113 Å². The number of rotatable bonds is 5. The molecule has 0 radical (unpaired) electrons. The van der Waals surface area contributed by atoms with Crippen LogP contribution in [0.1, 0.15) is 31.0 Å². The maximum atomic E-state index is 5.90. The minimum Gasteiger partial charge on any atom is -0.469 e. The van der Waals surface area contributed by atoms with Gasteiger partial charge in [-0.1, -0.05) is 6.92 Å². The lowest BCUT2D eigenvalue weighted by molar-refractivity contribution is 0.497. The third-order valence-electron chi connectivity index (χ3n) is 3.02. The van der Waals surface area contributed by atoms with Crippen molar-refractivity contribution in [2.75, 3.05) is 11.1 Å². The van der Waals surface area contributed by atoms with Gasteiger partial charge in [0.25, 0.3) is 0 Å². The Morgan fingerprint density at radius 3 is 2.84 bits per heavy atom. The van der Waals surface area contributed by atoms with Crippen LogP contribution in [0.25, 0.3) is 0 Å².